The highest BCUT2D eigenvalue weighted by Gasteiger charge is 2.13. The first-order valence-electron chi connectivity index (χ1n) is 16.1. The van der Waals surface area contributed by atoms with Gasteiger partial charge in [-0.25, -0.2) is 4.79 Å². The number of aryl methyl sites for hydroxylation is 1. The highest BCUT2D eigenvalue weighted by Crippen LogP contribution is 2.35. The number of hydrogen-bond acceptors (Lipinski definition) is 15. The molecule has 0 saturated heterocycles. The van der Waals surface area contributed by atoms with Gasteiger partial charge in [0.05, 0.1) is 43.8 Å². The van der Waals surface area contributed by atoms with E-state index in [1.54, 1.807) is 36.4 Å². The van der Waals surface area contributed by atoms with Gasteiger partial charge < -0.3 is 24.0 Å². The van der Waals surface area contributed by atoms with Crippen LogP contribution in [0.2, 0.25) is 0 Å². The normalized spacial score (nSPS) is 11.1. The Morgan fingerprint density at radius 1 is 0.672 bits per heavy atom. The summed E-state index contributed by atoms with van der Waals surface area (Å²) < 4.78 is 101. The van der Waals surface area contributed by atoms with Crippen molar-refractivity contribution in [1.29, 1.82) is 0 Å². The summed E-state index contributed by atoms with van der Waals surface area (Å²) in [5.41, 5.74) is 1.18. The molecule has 0 heterocycles. The Kier molecular flexibility index (Phi) is 35.8. The van der Waals surface area contributed by atoms with Gasteiger partial charge in [0.2, 0.25) is 0 Å². The van der Waals surface area contributed by atoms with Crippen LogP contribution < -0.4 is 4.74 Å². The summed E-state index contributed by atoms with van der Waals surface area (Å²) >= 11 is 0. The van der Waals surface area contributed by atoms with Crippen LogP contribution in [0.15, 0.2) is 129 Å². The number of carbonyl (C=O) groups is 2. The van der Waals surface area contributed by atoms with Gasteiger partial charge in [0.15, 0.2) is 0 Å². The van der Waals surface area contributed by atoms with Crippen LogP contribution in [0, 0.1) is 6.92 Å². The van der Waals surface area contributed by atoms with Crippen molar-refractivity contribution in [1.82, 2.24) is 0 Å². The molecule has 0 spiro atoms. The van der Waals surface area contributed by atoms with Gasteiger partial charge in [-0.05, 0) is 31.2 Å². The van der Waals surface area contributed by atoms with Gasteiger partial charge in [-0.2, -0.15) is 25.3 Å². The SMILES string of the molecule is C=CCOC(C)=O.C=CCOP(C)(=O)O.C=CCOS(=O)(=O)c1ccc(C)cc1.C=CCOS(C)(=O)=O.C=CCOS(C)(=O)=O.C=CCOc1ccccc1C(=O)O. The molecule has 0 bridgehead atoms. The Bertz CT molecular complexity index is 1880. The Balaban J connectivity index is -0.000000309. The van der Waals surface area contributed by atoms with Crippen molar-refractivity contribution < 1.29 is 76.0 Å². The third-order valence-corrected chi connectivity index (χ3v) is 7.81. The first-order valence-corrected chi connectivity index (χ1v) is 23.2. The minimum absolute atomic E-state index is 0.00376. The van der Waals surface area contributed by atoms with Crippen molar-refractivity contribution in [2.75, 3.05) is 58.8 Å². The maximum absolute atomic E-state index is 11.4. The van der Waals surface area contributed by atoms with Crippen LogP contribution in [-0.2, 0) is 61.5 Å². The van der Waals surface area contributed by atoms with Gasteiger partial charge in [0.1, 0.15) is 24.5 Å². The average molecular weight is 899 g/mol. The summed E-state index contributed by atoms with van der Waals surface area (Å²) in [7, 11) is -13.4. The minimum atomic E-state index is -3.61. The second kappa shape index (κ2) is 34.5. The van der Waals surface area contributed by atoms with Crippen LogP contribution in [0.25, 0.3) is 0 Å². The first kappa shape index (κ1) is 60.2. The van der Waals surface area contributed by atoms with Crippen molar-refractivity contribution in [2.45, 2.75) is 18.7 Å². The van der Waals surface area contributed by atoms with Crippen molar-refractivity contribution in [3.05, 3.63) is 136 Å². The largest absolute Gasteiger partial charge is 0.489 e. The predicted molar refractivity (Wildman–Crippen MR) is 224 cm³/mol. The molecule has 0 aromatic heterocycles. The third kappa shape index (κ3) is 44.2. The molecule has 0 aliphatic heterocycles. The topological polar surface area (TPSA) is 249 Å². The number of carboxylic acid groups (broad SMARTS) is 1. The summed E-state index contributed by atoms with van der Waals surface area (Å²) in [4.78, 5) is 29.2. The maximum atomic E-state index is 11.4. The highest BCUT2D eigenvalue weighted by atomic mass is 32.2. The molecule has 2 aromatic carbocycles. The lowest BCUT2D eigenvalue weighted by Crippen LogP contribution is -2.06. The third-order valence-electron chi connectivity index (χ3n) is 4.76. The number of aromatic carboxylic acids is 1. The summed E-state index contributed by atoms with van der Waals surface area (Å²) in [5.74, 6) is -0.880. The average Bonchev–Trinajstić information content (AvgIpc) is 3.13. The molecule has 21 heteroatoms. The number of carbonyl (C=O) groups excluding carboxylic acids is 1. The zero-order valence-corrected chi connectivity index (χ0v) is 36.6. The molecule has 0 radical (unpaired) electrons. The maximum Gasteiger partial charge on any atom is 0.339 e. The van der Waals surface area contributed by atoms with Crippen molar-refractivity contribution in [3.63, 3.8) is 0 Å². The molecule has 0 aliphatic rings. The Labute approximate surface area is 343 Å². The molecule has 0 saturated carbocycles. The number of hydrogen-bond donors (Lipinski definition) is 2. The van der Waals surface area contributed by atoms with Gasteiger partial charge in [0, 0.05) is 13.6 Å². The molecule has 0 fully saturated rings. The first-order chi connectivity index (χ1) is 26.8. The Morgan fingerprint density at radius 2 is 1.09 bits per heavy atom. The predicted octanol–water partition coefficient (Wildman–Crippen LogP) is 5.87. The summed E-state index contributed by atoms with van der Waals surface area (Å²) in [6.45, 7) is 25.3. The highest BCUT2D eigenvalue weighted by molar-refractivity contribution is 7.87. The number of rotatable bonds is 19. The van der Waals surface area contributed by atoms with Crippen LogP contribution in [0.1, 0.15) is 22.8 Å². The zero-order chi connectivity index (χ0) is 45.8. The van der Waals surface area contributed by atoms with Crippen LogP contribution in [-0.4, -0.2) is 106 Å². The van der Waals surface area contributed by atoms with Crippen molar-refractivity contribution in [2.24, 2.45) is 0 Å². The molecule has 2 N–H and O–H groups in total. The van der Waals surface area contributed by atoms with Crippen LogP contribution in [0.3, 0.4) is 0 Å². The van der Waals surface area contributed by atoms with E-state index in [4.69, 9.17) is 14.7 Å². The second-order valence-corrected chi connectivity index (χ2v) is 17.0. The number of esters is 1. The molecule has 2 rings (SSSR count). The lowest BCUT2D eigenvalue weighted by atomic mass is 10.2. The molecule has 1 atom stereocenters. The lowest BCUT2D eigenvalue weighted by Gasteiger charge is -2.05. The summed E-state index contributed by atoms with van der Waals surface area (Å²) in [6, 6.07) is 13.0. The van der Waals surface area contributed by atoms with Gasteiger partial charge >= 0.3 is 19.5 Å². The standard InChI is InChI=1S/C10H12O3S.C10H10O3.C5H8O2.C4H9O3P.2C4H8O3S/c1-3-8-13-14(11,12)10-6-4-9(2)5-7-10;1-2-7-13-9-6-4-3-5-8(9)10(11)12;1-3-4-7-5(2)6;3*1-3-4-7-8(2,5)6/h3-7H,1,8H2,2H3;2-6H,1,7H2,(H,11,12);3H,1,4H2,2H3;3H,1,4H2,2H3,(H,5,6);2*3H,1,4H2,2H3. The fourth-order valence-electron chi connectivity index (χ4n) is 2.54. The number of para-hydroxylation sites is 1. The minimum Gasteiger partial charge on any atom is -0.489 e. The zero-order valence-electron chi connectivity index (χ0n) is 33.3. The van der Waals surface area contributed by atoms with E-state index in [9.17, 15) is 39.4 Å². The molecule has 17 nitrogen and oxygen atoms in total. The number of ether oxygens (including phenoxy) is 2. The van der Waals surface area contributed by atoms with E-state index in [0.717, 1.165) is 24.7 Å². The molecule has 58 heavy (non-hydrogen) atoms. The van der Waals surface area contributed by atoms with E-state index in [1.165, 1.54) is 55.5 Å². The van der Waals surface area contributed by atoms with E-state index >= 15 is 0 Å². The monoisotopic (exact) mass is 898 g/mol. The lowest BCUT2D eigenvalue weighted by molar-refractivity contribution is -0.139. The van der Waals surface area contributed by atoms with E-state index in [1.807, 2.05) is 6.92 Å². The van der Waals surface area contributed by atoms with Gasteiger partial charge in [-0.3, -0.25) is 21.9 Å². The Hall–Kier alpha value is -4.50. The number of benzene rings is 2. The van der Waals surface area contributed by atoms with Gasteiger partial charge in [-0.15, -0.1) is 26.3 Å². The van der Waals surface area contributed by atoms with E-state index in [2.05, 4.69) is 61.3 Å². The number of carboxylic acids is 1. The van der Waals surface area contributed by atoms with Gasteiger partial charge in [0.25, 0.3) is 30.4 Å². The van der Waals surface area contributed by atoms with Crippen LogP contribution in [0.4, 0.5) is 0 Å². The van der Waals surface area contributed by atoms with Crippen molar-refractivity contribution >= 4 is 49.9 Å². The molecule has 2 aromatic rings. The molecular weight excluding hydrogens is 844 g/mol. The molecular formula is C37H55O17PS3. The van der Waals surface area contributed by atoms with Gasteiger partial charge in [-0.1, -0.05) is 79.4 Å². The molecule has 0 aliphatic carbocycles. The van der Waals surface area contributed by atoms with Crippen LogP contribution in [0.5, 0.6) is 5.75 Å². The summed E-state index contributed by atoms with van der Waals surface area (Å²) in [6.07, 6.45) is 10.7. The fourth-order valence-corrected chi connectivity index (χ4v) is 4.49. The second-order valence-electron chi connectivity index (χ2n) is 10.3. The van der Waals surface area contributed by atoms with Crippen molar-refractivity contribution in [3.8, 4) is 5.75 Å². The van der Waals surface area contributed by atoms with E-state index < -0.39 is 43.9 Å². The smallest absolute Gasteiger partial charge is 0.339 e. The molecule has 1 unspecified atom stereocenters. The quantitative estimate of drug-likeness (QED) is 0.0724. The molecule has 328 valence electrons. The molecule has 0 amide bonds. The fraction of sp³-hybridized carbons (Fsp3) is 0.297. The van der Waals surface area contributed by atoms with E-state index in [-0.39, 0.29) is 42.9 Å². The Morgan fingerprint density at radius 3 is 1.40 bits per heavy atom. The van der Waals surface area contributed by atoms with Crippen LogP contribution >= 0.6 is 7.60 Å². The van der Waals surface area contributed by atoms with E-state index in [0.29, 0.717) is 19.0 Å². The summed E-state index contributed by atoms with van der Waals surface area (Å²) in [5, 5.41) is 8.76.